The van der Waals surface area contributed by atoms with E-state index in [-0.39, 0.29) is 18.3 Å². The summed E-state index contributed by atoms with van der Waals surface area (Å²) < 4.78 is 15.5. The van der Waals surface area contributed by atoms with Crippen LogP contribution in [-0.2, 0) is 17.9 Å². The molecule has 140 valence electrons. The van der Waals surface area contributed by atoms with Crippen molar-refractivity contribution in [3.05, 3.63) is 70.2 Å². The zero-order valence-corrected chi connectivity index (χ0v) is 16.1. The van der Waals surface area contributed by atoms with Gasteiger partial charge in [-0.15, -0.1) is 0 Å². The Morgan fingerprint density at radius 2 is 2.04 bits per heavy atom. The molecule has 1 aromatic heterocycles. The number of likely N-dealkylation sites (N-methyl/N-ethyl adjacent to an activating group) is 1. The Labute approximate surface area is 162 Å². The van der Waals surface area contributed by atoms with Crippen molar-refractivity contribution in [1.82, 2.24) is 19.7 Å². The Hall–Kier alpha value is -2.80. The highest BCUT2D eigenvalue weighted by Gasteiger charge is 2.17. The minimum absolute atomic E-state index is 0.0712. The number of nitrogens with zero attached hydrogens (tertiary/aromatic N) is 3. The maximum atomic E-state index is 13.4. The van der Waals surface area contributed by atoms with Crippen molar-refractivity contribution < 1.29 is 9.18 Å². The monoisotopic (exact) mass is 384 g/mol. The van der Waals surface area contributed by atoms with Gasteiger partial charge in [-0.2, -0.15) is 5.10 Å². The number of benzene rings is 2. The lowest BCUT2D eigenvalue weighted by Gasteiger charge is -2.21. The van der Waals surface area contributed by atoms with Gasteiger partial charge < -0.3 is 4.90 Å². The van der Waals surface area contributed by atoms with Crippen molar-refractivity contribution in [1.29, 1.82) is 0 Å². The van der Waals surface area contributed by atoms with Gasteiger partial charge in [-0.05, 0) is 49.8 Å². The molecule has 1 heterocycles. The number of amides is 1. The first kappa shape index (κ1) is 19.0. The highest BCUT2D eigenvalue weighted by atomic mass is 32.1. The van der Waals surface area contributed by atoms with Gasteiger partial charge in [0.15, 0.2) is 10.6 Å². The summed E-state index contributed by atoms with van der Waals surface area (Å²) in [6.07, 6.45) is 0. The Balaban J connectivity index is 1.83. The maximum absolute atomic E-state index is 13.4. The molecule has 1 amide bonds. The van der Waals surface area contributed by atoms with E-state index in [1.807, 2.05) is 38.1 Å². The Morgan fingerprint density at radius 3 is 2.74 bits per heavy atom. The fourth-order valence-corrected chi connectivity index (χ4v) is 3.13. The number of halogens is 1. The lowest BCUT2D eigenvalue weighted by molar-refractivity contribution is -0.132. The molecule has 0 radical (unpaired) electrons. The Bertz CT molecular complexity index is 1010. The van der Waals surface area contributed by atoms with Gasteiger partial charge in [0.25, 0.3) is 0 Å². The summed E-state index contributed by atoms with van der Waals surface area (Å²) in [5, 5.41) is 7.06. The molecule has 0 aliphatic rings. The smallest absolute Gasteiger partial charge is 0.242 e. The average molecular weight is 384 g/mol. The van der Waals surface area contributed by atoms with Crippen molar-refractivity contribution in [2.45, 2.75) is 26.9 Å². The van der Waals surface area contributed by atoms with Crippen LogP contribution in [0.25, 0.3) is 11.4 Å². The number of aryl methyl sites for hydroxylation is 1. The second-order valence-electron chi connectivity index (χ2n) is 6.35. The highest BCUT2D eigenvalue weighted by molar-refractivity contribution is 7.71. The molecule has 7 heteroatoms. The second-order valence-corrected chi connectivity index (χ2v) is 6.73. The lowest BCUT2D eigenvalue weighted by Crippen LogP contribution is -2.33. The third-order valence-electron chi connectivity index (χ3n) is 4.32. The van der Waals surface area contributed by atoms with E-state index < -0.39 is 0 Å². The summed E-state index contributed by atoms with van der Waals surface area (Å²) in [5.74, 6) is 0.210. The summed E-state index contributed by atoms with van der Waals surface area (Å²) >= 11 is 5.32. The van der Waals surface area contributed by atoms with Crippen molar-refractivity contribution >= 4 is 18.1 Å². The van der Waals surface area contributed by atoms with E-state index in [0.29, 0.717) is 23.7 Å². The number of nitrogens with one attached hydrogen (secondary N) is 1. The van der Waals surface area contributed by atoms with Crippen molar-refractivity contribution in [3.8, 4) is 11.4 Å². The van der Waals surface area contributed by atoms with Crippen LogP contribution in [0, 0.1) is 17.5 Å². The Kier molecular flexibility index (Phi) is 5.81. The fraction of sp³-hybridized carbons (Fsp3) is 0.250. The number of aromatic nitrogens is 3. The van der Waals surface area contributed by atoms with Gasteiger partial charge in [0.2, 0.25) is 5.91 Å². The molecule has 0 aliphatic carbocycles. The van der Waals surface area contributed by atoms with E-state index in [0.717, 1.165) is 16.7 Å². The van der Waals surface area contributed by atoms with Gasteiger partial charge in [0, 0.05) is 18.7 Å². The van der Waals surface area contributed by atoms with E-state index in [9.17, 15) is 9.18 Å². The van der Waals surface area contributed by atoms with Crippen LogP contribution in [0.1, 0.15) is 18.1 Å². The van der Waals surface area contributed by atoms with Crippen LogP contribution in [-0.4, -0.2) is 32.1 Å². The highest BCUT2D eigenvalue weighted by Crippen LogP contribution is 2.19. The van der Waals surface area contributed by atoms with Gasteiger partial charge in [0.05, 0.1) is 0 Å². The predicted octanol–water partition coefficient (Wildman–Crippen LogP) is 4.10. The molecule has 0 atom stereocenters. The van der Waals surface area contributed by atoms with E-state index in [1.165, 1.54) is 12.1 Å². The van der Waals surface area contributed by atoms with Crippen LogP contribution in [0.3, 0.4) is 0 Å². The van der Waals surface area contributed by atoms with E-state index >= 15 is 0 Å². The normalized spacial score (nSPS) is 10.8. The molecule has 1 N–H and O–H groups in total. The summed E-state index contributed by atoms with van der Waals surface area (Å²) in [4.78, 5) is 14.5. The molecule has 0 saturated heterocycles. The molecule has 0 unspecified atom stereocenters. The first-order valence-electron chi connectivity index (χ1n) is 8.72. The molecular formula is C20H21FN4OS. The standard InChI is InChI=1S/C20H21FN4OS/c1-3-24(12-15-7-5-9-17(21)11-15)18(26)13-25-19(22-23-20(25)27)16-8-4-6-14(2)10-16/h4-11H,3,12-13H2,1-2H3,(H,23,27). The number of H-pyrrole nitrogens is 1. The number of carbonyl (C=O) groups is 1. The summed E-state index contributed by atoms with van der Waals surface area (Å²) in [6.45, 7) is 4.82. The van der Waals surface area contributed by atoms with Gasteiger partial charge in [0.1, 0.15) is 12.4 Å². The zero-order chi connectivity index (χ0) is 19.4. The zero-order valence-electron chi connectivity index (χ0n) is 15.3. The second kappa shape index (κ2) is 8.26. The largest absolute Gasteiger partial charge is 0.337 e. The van der Waals surface area contributed by atoms with Gasteiger partial charge in [-0.3, -0.25) is 14.5 Å². The number of rotatable bonds is 6. The topological polar surface area (TPSA) is 53.9 Å². The quantitative estimate of drug-likeness (QED) is 0.651. The molecule has 0 spiro atoms. The van der Waals surface area contributed by atoms with Gasteiger partial charge in [-0.1, -0.05) is 35.9 Å². The molecular weight excluding hydrogens is 363 g/mol. The van der Waals surface area contributed by atoms with Crippen LogP contribution in [0.4, 0.5) is 4.39 Å². The third kappa shape index (κ3) is 4.49. The van der Waals surface area contributed by atoms with Crippen molar-refractivity contribution in [3.63, 3.8) is 0 Å². The molecule has 0 bridgehead atoms. The van der Waals surface area contributed by atoms with Crippen molar-refractivity contribution in [2.75, 3.05) is 6.54 Å². The van der Waals surface area contributed by atoms with E-state index in [2.05, 4.69) is 10.2 Å². The first-order chi connectivity index (χ1) is 13.0. The maximum Gasteiger partial charge on any atom is 0.242 e. The molecule has 5 nitrogen and oxygen atoms in total. The third-order valence-corrected chi connectivity index (χ3v) is 4.64. The van der Waals surface area contributed by atoms with Crippen LogP contribution in [0.5, 0.6) is 0 Å². The lowest BCUT2D eigenvalue weighted by atomic mass is 10.1. The summed E-state index contributed by atoms with van der Waals surface area (Å²) in [6, 6.07) is 14.2. The molecule has 27 heavy (non-hydrogen) atoms. The number of aromatic amines is 1. The summed E-state index contributed by atoms with van der Waals surface area (Å²) in [7, 11) is 0. The van der Waals surface area contributed by atoms with Crippen LogP contribution < -0.4 is 0 Å². The minimum atomic E-state index is -0.310. The predicted molar refractivity (Wildman–Crippen MR) is 105 cm³/mol. The van der Waals surface area contributed by atoms with Gasteiger partial charge >= 0.3 is 0 Å². The molecule has 3 aromatic rings. The molecule has 0 fully saturated rings. The van der Waals surface area contributed by atoms with Crippen LogP contribution in [0.2, 0.25) is 0 Å². The molecule has 0 aliphatic heterocycles. The molecule has 0 saturated carbocycles. The molecule has 2 aromatic carbocycles. The number of hydrogen-bond acceptors (Lipinski definition) is 3. The van der Waals surface area contributed by atoms with E-state index in [4.69, 9.17) is 12.2 Å². The van der Waals surface area contributed by atoms with Crippen LogP contribution in [0.15, 0.2) is 48.5 Å². The SMILES string of the molecule is CCN(Cc1cccc(F)c1)C(=O)Cn1c(-c2cccc(C)c2)n[nH]c1=S. The molecule has 3 rings (SSSR count). The van der Waals surface area contributed by atoms with Crippen LogP contribution >= 0.6 is 12.2 Å². The number of carbonyl (C=O) groups excluding carboxylic acids is 1. The Morgan fingerprint density at radius 1 is 1.26 bits per heavy atom. The fourth-order valence-electron chi connectivity index (χ4n) is 2.94. The number of hydrogen-bond donors (Lipinski definition) is 1. The van der Waals surface area contributed by atoms with E-state index in [1.54, 1.807) is 21.6 Å². The average Bonchev–Trinajstić information content (AvgIpc) is 3.00. The summed E-state index contributed by atoms with van der Waals surface area (Å²) in [5.41, 5.74) is 2.74. The first-order valence-corrected chi connectivity index (χ1v) is 9.13. The van der Waals surface area contributed by atoms with Gasteiger partial charge in [-0.25, -0.2) is 4.39 Å². The minimum Gasteiger partial charge on any atom is -0.337 e. The van der Waals surface area contributed by atoms with Crippen molar-refractivity contribution in [2.24, 2.45) is 0 Å².